The molecule has 0 saturated heterocycles. The Morgan fingerprint density at radius 2 is 1.40 bits per heavy atom. The van der Waals surface area contributed by atoms with Crippen molar-refractivity contribution in [1.82, 2.24) is 0 Å². The van der Waals surface area contributed by atoms with Crippen molar-refractivity contribution in [3.63, 3.8) is 0 Å². The molecule has 0 spiro atoms. The highest BCUT2D eigenvalue weighted by atomic mass is 16.5. The summed E-state index contributed by atoms with van der Waals surface area (Å²) in [6.07, 6.45) is -0.845. The van der Waals surface area contributed by atoms with Crippen LogP contribution in [-0.2, 0) is 14.3 Å². The fourth-order valence-electron chi connectivity index (χ4n) is 1.58. The molecule has 1 rings (SSSR count). The summed E-state index contributed by atoms with van der Waals surface area (Å²) in [4.78, 5) is 24.7. The van der Waals surface area contributed by atoms with Crippen LogP contribution in [0.5, 0.6) is 0 Å². The van der Waals surface area contributed by atoms with Crippen molar-refractivity contribution in [2.45, 2.75) is 47.6 Å². The minimum absolute atomic E-state index is 0.0960. The molecule has 20 heavy (non-hydrogen) atoms. The highest BCUT2D eigenvalue weighted by Crippen LogP contribution is 2.30. The van der Waals surface area contributed by atoms with Gasteiger partial charge in [-0.2, -0.15) is 0 Å². The lowest BCUT2D eigenvalue weighted by atomic mass is 9.85. The number of Topliss-reactive ketones (excluding diaryl/α,β-unsaturated/α-hetero) is 1. The van der Waals surface area contributed by atoms with Gasteiger partial charge in [0.1, 0.15) is 0 Å². The van der Waals surface area contributed by atoms with Crippen molar-refractivity contribution >= 4 is 11.8 Å². The van der Waals surface area contributed by atoms with E-state index in [0.717, 1.165) is 0 Å². The number of hydrogen-bond acceptors (Lipinski definition) is 3. The zero-order chi connectivity index (χ0) is 15.6. The summed E-state index contributed by atoms with van der Waals surface area (Å²) in [5, 5.41) is 0. The number of rotatable bonds is 3. The summed E-state index contributed by atoms with van der Waals surface area (Å²) in [6.45, 7) is 10.8. The topological polar surface area (TPSA) is 43.4 Å². The molecule has 0 aliphatic rings. The fourth-order valence-corrected chi connectivity index (χ4v) is 1.58. The third kappa shape index (κ3) is 4.19. The molecule has 3 heteroatoms. The summed E-state index contributed by atoms with van der Waals surface area (Å²) in [7, 11) is 0. The smallest absolute Gasteiger partial charge is 0.312 e. The van der Waals surface area contributed by atoms with Crippen LogP contribution in [0.3, 0.4) is 0 Å². The standard InChI is InChI=1S/C17H24O3/c1-16(2,3)14(18)13(12-10-8-7-9-11-12)20-15(19)17(4,5)6/h7-11,13H,1-6H3. The van der Waals surface area contributed by atoms with E-state index in [1.165, 1.54) is 0 Å². The molecule has 0 saturated carbocycles. The Bertz CT molecular complexity index is 475. The van der Waals surface area contributed by atoms with E-state index in [4.69, 9.17) is 4.74 Å². The van der Waals surface area contributed by atoms with Crippen LogP contribution in [0.1, 0.15) is 53.2 Å². The maximum atomic E-state index is 12.6. The Hall–Kier alpha value is -1.64. The normalized spacial score (nSPS) is 13.7. The molecule has 3 nitrogen and oxygen atoms in total. The van der Waals surface area contributed by atoms with Gasteiger partial charge in [-0.25, -0.2) is 0 Å². The second kappa shape index (κ2) is 5.78. The third-order valence-corrected chi connectivity index (χ3v) is 2.92. The molecule has 1 aromatic rings. The summed E-state index contributed by atoms with van der Waals surface area (Å²) in [6, 6.07) is 9.16. The van der Waals surface area contributed by atoms with Gasteiger partial charge in [0, 0.05) is 11.0 Å². The van der Waals surface area contributed by atoms with Gasteiger partial charge in [0.05, 0.1) is 5.41 Å². The molecule has 1 atom stereocenters. The Kier molecular flexibility index (Phi) is 4.74. The zero-order valence-corrected chi connectivity index (χ0v) is 13.2. The number of benzene rings is 1. The monoisotopic (exact) mass is 276 g/mol. The molecular formula is C17H24O3. The van der Waals surface area contributed by atoms with E-state index in [1.807, 2.05) is 51.1 Å². The minimum Gasteiger partial charge on any atom is -0.449 e. The molecule has 0 aromatic heterocycles. The quantitative estimate of drug-likeness (QED) is 0.786. The van der Waals surface area contributed by atoms with E-state index >= 15 is 0 Å². The summed E-state index contributed by atoms with van der Waals surface area (Å²) in [5.74, 6) is -0.467. The van der Waals surface area contributed by atoms with E-state index in [9.17, 15) is 9.59 Å². The van der Waals surface area contributed by atoms with Crippen LogP contribution >= 0.6 is 0 Å². The van der Waals surface area contributed by atoms with Gasteiger partial charge in [0.15, 0.2) is 11.9 Å². The first kappa shape index (κ1) is 16.4. The van der Waals surface area contributed by atoms with Crippen molar-refractivity contribution < 1.29 is 14.3 Å². The molecule has 0 N–H and O–H groups in total. The average Bonchev–Trinajstić information content (AvgIpc) is 2.33. The highest BCUT2D eigenvalue weighted by molar-refractivity contribution is 5.91. The molecule has 110 valence electrons. The van der Waals surface area contributed by atoms with Crippen LogP contribution in [0.2, 0.25) is 0 Å². The van der Waals surface area contributed by atoms with Gasteiger partial charge in [-0.1, -0.05) is 51.1 Å². The second-order valence-electron chi connectivity index (χ2n) is 7.06. The number of ether oxygens (including phenoxy) is 1. The van der Waals surface area contributed by atoms with Crippen molar-refractivity contribution in [3.8, 4) is 0 Å². The largest absolute Gasteiger partial charge is 0.449 e. The van der Waals surface area contributed by atoms with E-state index in [-0.39, 0.29) is 11.8 Å². The molecule has 0 aliphatic carbocycles. The molecule has 0 fully saturated rings. The average molecular weight is 276 g/mol. The van der Waals surface area contributed by atoms with E-state index in [1.54, 1.807) is 20.8 Å². The zero-order valence-electron chi connectivity index (χ0n) is 13.2. The molecular weight excluding hydrogens is 252 g/mol. The predicted octanol–water partition coefficient (Wildman–Crippen LogP) is 3.93. The second-order valence-corrected chi connectivity index (χ2v) is 7.06. The van der Waals surface area contributed by atoms with Gasteiger partial charge in [-0.3, -0.25) is 9.59 Å². The first-order valence-electron chi connectivity index (χ1n) is 6.84. The molecule has 1 aromatic carbocycles. The first-order chi connectivity index (χ1) is 9.03. The van der Waals surface area contributed by atoms with Crippen LogP contribution in [0.15, 0.2) is 30.3 Å². The molecule has 0 bridgehead atoms. The maximum absolute atomic E-state index is 12.6. The lowest BCUT2D eigenvalue weighted by Gasteiger charge is -2.27. The Balaban J connectivity index is 3.10. The minimum atomic E-state index is -0.845. The van der Waals surface area contributed by atoms with Gasteiger partial charge >= 0.3 is 5.97 Å². The number of hydrogen-bond donors (Lipinski definition) is 0. The highest BCUT2D eigenvalue weighted by Gasteiger charge is 2.36. The summed E-state index contributed by atoms with van der Waals surface area (Å²) < 4.78 is 5.50. The Morgan fingerprint density at radius 3 is 1.80 bits per heavy atom. The third-order valence-electron chi connectivity index (χ3n) is 2.92. The lowest BCUT2D eigenvalue weighted by molar-refractivity contribution is -0.165. The van der Waals surface area contributed by atoms with Crippen molar-refractivity contribution in [3.05, 3.63) is 35.9 Å². The summed E-state index contributed by atoms with van der Waals surface area (Å²) in [5.41, 5.74) is -0.492. The van der Waals surface area contributed by atoms with Crippen molar-refractivity contribution in [2.75, 3.05) is 0 Å². The van der Waals surface area contributed by atoms with E-state index in [0.29, 0.717) is 5.56 Å². The van der Waals surface area contributed by atoms with Gasteiger partial charge in [-0.15, -0.1) is 0 Å². The van der Waals surface area contributed by atoms with Crippen LogP contribution in [0, 0.1) is 10.8 Å². The van der Waals surface area contributed by atoms with Gasteiger partial charge in [0.25, 0.3) is 0 Å². The number of esters is 1. The molecule has 0 aliphatic heterocycles. The van der Waals surface area contributed by atoms with Crippen LogP contribution in [-0.4, -0.2) is 11.8 Å². The molecule has 0 amide bonds. The van der Waals surface area contributed by atoms with Crippen LogP contribution in [0.4, 0.5) is 0 Å². The number of carbonyl (C=O) groups excluding carboxylic acids is 2. The Morgan fingerprint density at radius 1 is 0.900 bits per heavy atom. The van der Waals surface area contributed by atoms with Gasteiger partial charge in [-0.05, 0) is 20.8 Å². The first-order valence-corrected chi connectivity index (χ1v) is 6.84. The van der Waals surface area contributed by atoms with E-state index < -0.39 is 16.9 Å². The fraction of sp³-hybridized carbons (Fsp3) is 0.529. The van der Waals surface area contributed by atoms with E-state index in [2.05, 4.69) is 0 Å². The predicted molar refractivity (Wildman–Crippen MR) is 79.2 cm³/mol. The Labute approximate surface area is 121 Å². The number of ketones is 1. The number of carbonyl (C=O) groups is 2. The van der Waals surface area contributed by atoms with Crippen LogP contribution < -0.4 is 0 Å². The molecule has 0 radical (unpaired) electrons. The lowest BCUT2D eigenvalue weighted by Crippen LogP contribution is -2.33. The van der Waals surface area contributed by atoms with Gasteiger partial charge < -0.3 is 4.74 Å². The van der Waals surface area contributed by atoms with Crippen molar-refractivity contribution in [2.24, 2.45) is 10.8 Å². The van der Waals surface area contributed by atoms with Gasteiger partial charge in [0.2, 0.25) is 0 Å². The summed E-state index contributed by atoms with van der Waals surface area (Å²) >= 11 is 0. The van der Waals surface area contributed by atoms with Crippen LogP contribution in [0.25, 0.3) is 0 Å². The maximum Gasteiger partial charge on any atom is 0.312 e. The molecule has 0 heterocycles. The molecule has 1 unspecified atom stereocenters. The SMILES string of the molecule is CC(C)(C)C(=O)OC(C(=O)C(C)(C)C)c1ccccc1. The van der Waals surface area contributed by atoms with Crippen molar-refractivity contribution in [1.29, 1.82) is 0 Å².